The summed E-state index contributed by atoms with van der Waals surface area (Å²) in [6.45, 7) is 5.54. The molecule has 0 spiro atoms. The first-order chi connectivity index (χ1) is 9.88. The maximum Gasteiger partial charge on any atom is 0.329 e. The number of fused-ring (bicyclic) bond motifs is 1. The number of carbonyl (C=O) groups is 1. The summed E-state index contributed by atoms with van der Waals surface area (Å²) < 4.78 is 20.5. The van der Waals surface area contributed by atoms with E-state index < -0.39 is 23.2 Å². The lowest BCUT2D eigenvalue weighted by molar-refractivity contribution is -0.146. The highest BCUT2D eigenvalue weighted by Crippen LogP contribution is 2.32. The maximum absolute atomic E-state index is 14.0. The molecule has 0 N–H and O–H groups in total. The lowest BCUT2D eigenvalue weighted by atomic mass is 10.0. The average Bonchev–Trinajstić information content (AvgIpc) is 2.80. The molecule has 0 aliphatic heterocycles. The Morgan fingerprint density at radius 1 is 1.38 bits per heavy atom. The monoisotopic (exact) mass is 312 g/mol. The van der Waals surface area contributed by atoms with Gasteiger partial charge in [-0.1, -0.05) is 19.9 Å². The number of methoxy groups -OCH3 is 1. The number of alkyl halides is 1. The number of para-hydroxylation sites is 1. The molecule has 0 aliphatic carbocycles. The Morgan fingerprint density at radius 3 is 2.57 bits per heavy atom. The first-order valence-electron chi connectivity index (χ1n) is 6.76. The number of aromatic nitrogens is 2. The van der Waals surface area contributed by atoms with Crippen LogP contribution >= 0.6 is 11.6 Å². The van der Waals surface area contributed by atoms with Crippen molar-refractivity contribution < 1.29 is 13.9 Å². The number of imidazole rings is 1. The van der Waals surface area contributed by atoms with E-state index in [1.165, 1.54) is 13.2 Å². The van der Waals surface area contributed by atoms with Gasteiger partial charge in [-0.25, -0.2) is 14.2 Å². The van der Waals surface area contributed by atoms with Crippen LogP contribution in [0.3, 0.4) is 0 Å². The summed E-state index contributed by atoms with van der Waals surface area (Å²) in [4.78, 5) is 16.4. The predicted octanol–water partition coefficient (Wildman–Crippen LogP) is 3.85. The molecule has 2 atom stereocenters. The standard InChI is InChI=1S/C15H18ClFN2O2/c1-8(2)13(15(20)21-4)19-11-7-5-6-10(17)12(11)18-14(19)9(3)16/h5-9,13H,1-4H3. The third-order valence-corrected chi connectivity index (χ3v) is 3.60. The maximum atomic E-state index is 14.0. The van der Waals surface area contributed by atoms with Crippen LogP contribution in [0.2, 0.25) is 0 Å². The number of hydrogen-bond acceptors (Lipinski definition) is 3. The lowest BCUT2D eigenvalue weighted by Crippen LogP contribution is -2.27. The minimum Gasteiger partial charge on any atom is -0.467 e. The molecule has 0 radical (unpaired) electrons. The number of ether oxygens (including phenoxy) is 1. The Kier molecular flexibility index (Phi) is 4.52. The highest BCUT2D eigenvalue weighted by atomic mass is 35.5. The van der Waals surface area contributed by atoms with Crippen LogP contribution in [0.5, 0.6) is 0 Å². The molecule has 1 aromatic carbocycles. The minimum atomic E-state index is -0.599. The van der Waals surface area contributed by atoms with Crippen LogP contribution in [0.1, 0.15) is 38.0 Å². The van der Waals surface area contributed by atoms with Crippen molar-refractivity contribution in [2.45, 2.75) is 32.2 Å². The van der Waals surface area contributed by atoms with E-state index in [2.05, 4.69) is 4.98 Å². The van der Waals surface area contributed by atoms with Crippen LogP contribution in [0.4, 0.5) is 4.39 Å². The molecule has 1 aromatic heterocycles. The molecule has 2 aromatic rings. The van der Waals surface area contributed by atoms with Gasteiger partial charge >= 0.3 is 5.97 Å². The molecule has 114 valence electrons. The molecule has 4 nitrogen and oxygen atoms in total. The molecule has 2 rings (SSSR count). The Morgan fingerprint density at radius 2 is 2.05 bits per heavy atom. The second-order valence-corrected chi connectivity index (χ2v) is 5.93. The number of halogens is 2. The van der Waals surface area contributed by atoms with Crippen molar-refractivity contribution in [2.24, 2.45) is 5.92 Å². The van der Waals surface area contributed by atoms with Gasteiger partial charge in [-0.3, -0.25) is 0 Å². The third kappa shape index (κ3) is 2.75. The molecule has 0 amide bonds. The highest BCUT2D eigenvalue weighted by Gasteiger charge is 2.31. The smallest absolute Gasteiger partial charge is 0.329 e. The van der Waals surface area contributed by atoms with E-state index in [9.17, 15) is 9.18 Å². The molecule has 0 fully saturated rings. The van der Waals surface area contributed by atoms with Crippen LogP contribution < -0.4 is 0 Å². The molecule has 0 bridgehead atoms. The fourth-order valence-corrected chi connectivity index (χ4v) is 2.62. The molecule has 21 heavy (non-hydrogen) atoms. The lowest BCUT2D eigenvalue weighted by Gasteiger charge is -2.23. The van der Waals surface area contributed by atoms with Gasteiger partial charge in [0.05, 0.1) is 18.0 Å². The van der Waals surface area contributed by atoms with Gasteiger partial charge in [0.2, 0.25) is 0 Å². The van der Waals surface area contributed by atoms with Crippen molar-refractivity contribution >= 4 is 28.6 Å². The molecule has 0 saturated heterocycles. The van der Waals surface area contributed by atoms with Crippen molar-refractivity contribution in [3.63, 3.8) is 0 Å². The second-order valence-electron chi connectivity index (χ2n) is 5.28. The Labute approximate surface area is 127 Å². The Hall–Kier alpha value is -1.62. The summed E-state index contributed by atoms with van der Waals surface area (Å²) in [6, 6.07) is 4.06. The van der Waals surface area contributed by atoms with E-state index in [1.54, 1.807) is 23.6 Å². The van der Waals surface area contributed by atoms with Crippen molar-refractivity contribution in [1.82, 2.24) is 9.55 Å². The number of carbonyl (C=O) groups excluding carboxylic acids is 1. The van der Waals surface area contributed by atoms with Crippen LogP contribution in [0.25, 0.3) is 11.0 Å². The van der Waals surface area contributed by atoms with Crippen LogP contribution in [-0.4, -0.2) is 22.6 Å². The molecule has 6 heteroatoms. The largest absolute Gasteiger partial charge is 0.467 e. The summed E-state index contributed by atoms with van der Waals surface area (Å²) in [7, 11) is 1.33. The van der Waals surface area contributed by atoms with Crippen molar-refractivity contribution in [3.05, 3.63) is 29.8 Å². The van der Waals surface area contributed by atoms with E-state index in [4.69, 9.17) is 16.3 Å². The zero-order valence-electron chi connectivity index (χ0n) is 12.4. The zero-order chi connectivity index (χ0) is 15.7. The van der Waals surface area contributed by atoms with Crippen LogP contribution in [-0.2, 0) is 9.53 Å². The fraction of sp³-hybridized carbons (Fsp3) is 0.467. The predicted molar refractivity (Wildman–Crippen MR) is 79.9 cm³/mol. The van der Waals surface area contributed by atoms with Gasteiger partial charge < -0.3 is 9.30 Å². The normalized spacial score (nSPS) is 14.4. The number of benzene rings is 1. The van der Waals surface area contributed by atoms with Crippen molar-refractivity contribution in [3.8, 4) is 0 Å². The molecule has 0 saturated carbocycles. The first kappa shape index (κ1) is 15.8. The van der Waals surface area contributed by atoms with Crippen LogP contribution in [0.15, 0.2) is 18.2 Å². The van der Waals surface area contributed by atoms with Gasteiger partial charge in [-0.15, -0.1) is 11.6 Å². The quantitative estimate of drug-likeness (QED) is 0.636. The highest BCUT2D eigenvalue weighted by molar-refractivity contribution is 6.20. The van der Waals surface area contributed by atoms with Gasteiger partial charge in [0.25, 0.3) is 0 Å². The van der Waals surface area contributed by atoms with Crippen molar-refractivity contribution in [2.75, 3.05) is 7.11 Å². The Balaban J connectivity index is 2.78. The van der Waals surface area contributed by atoms with Gasteiger partial charge in [-0.2, -0.15) is 0 Å². The van der Waals surface area contributed by atoms with Crippen LogP contribution in [0, 0.1) is 11.7 Å². The fourth-order valence-electron chi connectivity index (χ4n) is 2.47. The van der Waals surface area contributed by atoms with Gasteiger partial charge in [0.1, 0.15) is 17.4 Å². The molecule has 0 aliphatic rings. The van der Waals surface area contributed by atoms with Gasteiger partial charge in [0, 0.05) is 0 Å². The van der Waals surface area contributed by atoms with Gasteiger partial charge in [0.15, 0.2) is 5.82 Å². The minimum absolute atomic E-state index is 0.0488. The van der Waals surface area contributed by atoms with E-state index >= 15 is 0 Å². The topological polar surface area (TPSA) is 44.1 Å². The molecular formula is C15H18ClFN2O2. The van der Waals surface area contributed by atoms with E-state index in [-0.39, 0.29) is 11.4 Å². The third-order valence-electron chi connectivity index (χ3n) is 3.41. The average molecular weight is 313 g/mol. The summed E-state index contributed by atoms with van der Waals surface area (Å²) in [6.07, 6.45) is 0. The van der Waals surface area contributed by atoms with E-state index in [0.29, 0.717) is 11.3 Å². The van der Waals surface area contributed by atoms with Gasteiger partial charge in [-0.05, 0) is 25.0 Å². The molecular weight excluding hydrogens is 295 g/mol. The van der Waals surface area contributed by atoms with E-state index in [1.807, 2.05) is 13.8 Å². The number of esters is 1. The van der Waals surface area contributed by atoms with Crippen molar-refractivity contribution in [1.29, 1.82) is 0 Å². The summed E-state index contributed by atoms with van der Waals surface area (Å²) in [5, 5.41) is -0.456. The second kappa shape index (κ2) is 6.02. The molecule has 2 unspecified atom stereocenters. The Bertz CT molecular complexity index is 667. The number of nitrogens with zero attached hydrogens (tertiary/aromatic N) is 2. The SMILES string of the molecule is COC(=O)C(C(C)C)n1c(C(C)Cl)nc2c(F)cccc21. The number of hydrogen-bond donors (Lipinski definition) is 0. The summed E-state index contributed by atoms with van der Waals surface area (Å²) >= 11 is 6.17. The summed E-state index contributed by atoms with van der Waals surface area (Å²) in [5.74, 6) is -0.419. The number of rotatable bonds is 4. The summed E-state index contributed by atoms with van der Waals surface area (Å²) in [5.41, 5.74) is 0.760. The first-order valence-corrected chi connectivity index (χ1v) is 7.20. The zero-order valence-corrected chi connectivity index (χ0v) is 13.2. The van der Waals surface area contributed by atoms with E-state index in [0.717, 1.165) is 0 Å². The molecule has 1 heterocycles.